The summed E-state index contributed by atoms with van der Waals surface area (Å²) >= 11 is 0. The van der Waals surface area contributed by atoms with Crippen molar-refractivity contribution in [3.8, 4) is 5.75 Å². The first-order valence-corrected chi connectivity index (χ1v) is 13.4. The molecule has 0 radical (unpaired) electrons. The SMILES string of the molecule is CCOC(=O)[C@](C)(Cc1ccc(OCc2ccccc2)c(B2OC(C)(C)C(C)(C)O2)c1)NC(=O)OC(C)(C)C. The molecular weight excluding hydrogens is 497 g/mol. The maximum atomic E-state index is 13.0. The zero-order chi connectivity index (χ0) is 29.1. The van der Waals surface area contributed by atoms with E-state index in [9.17, 15) is 9.59 Å². The van der Waals surface area contributed by atoms with Crippen molar-refractivity contribution in [2.75, 3.05) is 6.61 Å². The van der Waals surface area contributed by atoms with Crippen molar-refractivity contribution in [3.05, 3.63) is 59.7 Å². The number of alkyl carbamates (subject to hydrolysis) is 1. The predicted octanol–water partition coefficient (Wildman–Crippen LogP) is 4.95. The summed E-state index contributed by atoms with van der Waals surface area (Å²) in [5.41, 5.74) is -0.717. The largest absolute Gasteiger partial charge is 0.498 e. The van der Waals surface area contributed by atoms with Crippen LogP contribution in [0.4, 0.5) is 4.79 Å². The van der Waals surface area contributed by atoms with Crippen molar-refractivity contribution in [1.29, 1.82) is 0 Å². The predicted molar refractivity (Wildman–Crippen MR) is 151 cm³/mol. The van der Waals surface area contributed by atoms with E-state index in [-0.39, 0.29) is 13.0 Å². The van der Waals surface area contributed by atoms with E-state index >= 15 is 0 Å². The third kappa shape index (κ3) is 7.76. The molecule has 3 rings (SSSR count). The van der Waals surface area contributed by atoms with Gasteiger partial charge in [0, 0.05) is 11.9 Å². The van der Waals surface area contributed by atoms with Crippen LogP contribution in [0.15, 0.2) is 48.5 Å². The van der Waals surface area contributed by atoms with E-state index in [0.717, 1.165) is 11.1 Å². The molecule has 1 saturated heterocycles. The molecule has 2 aromatic carbocycles. The molecule has 0 bridgehead atoms. The Morgan fingerprint density at radius 3 is 2.10 bits per heavy atom. The second kappa shape index (κ2) is 11.6. The lowest BCUT2D eigenvalue weighted by atomic mass is 9.76. The van der Waals surface area contributed by atoms with Gasteiger partial charge in [0.2, 0.25) is 0 Å². The van der Waals surface area contributed by atoms with Crippen molar-refractivity contribution < 1.29 is 33.1 Å². The average Bonchev–Trinajstić information content (AvgIpc) is 3.04. The average molecular weight is 539 g/mol. The van der Waals surface area contributed by atoms with Gasteiger partial charge in [0.15, 0.2) is 0 Å². The monoisotopic (exact) mass is 539 g/mol. The molecular formula is C30H42BNO7. The summed E-state index contributed by atoms with van der Waals surface area (Å²) < 4.78 is 29.7. The molecule has 0 spiro atoms. The van der Waals surface area contributed by atoms with Crippen LogP contribution < -0.4 is 15.5 Å². The Labute approximate surface area is 232 Å². The Morgan fingerprint density at radius 2 is 1.54 bits per heavy atom. The summed E-state index contributed by atoms with van der Waals surface area (Å²) in [6.45, 7) is 17.1. The minimum atomic E-state index is -1.38. The lowest BCUT2D eigenvalue weighted by Crippen LogP contribution is -2.55. The van der Waals surface area contributed by atoms with Gasteiger partial charge >= 0.3 is 19.2 Å². The van der Waals surface area contributed by atoms with Crippen LogP contribution in [-0.4, -0.2) is 48.1 Å². The number of nitrogens with one attached hydrogen (secondary N) is 1. The standard InChI is InChI=1S/C30H42BNO7/c1-10-35-25(33)30(9,32-26(34)37-27(2,3)4)19-22-16-17-24(36-20-21-14-12-11-13-15-21)23(18-22)31-38-28(5,6)29(7,8)39-31/h11-18H,10,19-20H2,1-9H3,(H,32,34)/t30-/m0/s1. The zero-order valence-corrected chi connectivity index (χ0v) is 24.7. The molecule has 39 heavy (non-hydrogen) atoms. The van der Waals surface area contributed by atoms with Crippen LogP contribution in [0.1, 0.15) is 73.4 Å². The van der Waals surface area contributed by atoms with Crippen molar-refractivity contribution in [2.45, 2.75) is 97.7 Å². The molecule has 1 aliphatic heterocycles. The fraction of sp³-hybridized carbons (Fsp3) is 0.533. The van der Waals surface area contributed by atoms with Crippen molar-refractivity contribution in [1.82, 2.24) is 5.32 Å². The lowest BCUT2D eigenvalue weighted by molar-refractivity contribution is -0.150. The Balaban J connectivity index is 1.95. The third-order valence-electron chi connectivity index (χ3n) is 6.88. The van der Waals surface area contributed by atoms with Gasteiger partial charge in [0.1, 0.15) is 23.5 Å². The second-order valence-electron chi connectivity index (χ2n) is 12.1. The summed E-state index contributed by atoms with van der Waals surface area (Å²) in [6.07, 6.45) is -0.552. The second-order valence-corrected chi connectivity index (χ2v) is 12.1. The van der Waals surface area contributed by atoms with E-state index in [0.29, 0.717) is 17.8 Å². The van der Waals surface area contributed by atoms with Gasteiger partial charge in [-0.25, -0.2) is 9.59 Å². The molecule has 0 unspecified atom stereocenters. The molecule has 1 amide bonds. The summed E-state index contributed by atoms with van der Waals surface area (Å²) in [6, 6.07) is 15.5. The Kier molecular flexibility index (Phi) is 9.07. The highest BCUT2D eigenvalue weighted by molar-refractivity contribution is 6.63. The first-order chi connectivity index (χ1) is 18.1. The van der Waals surface area contributed by atoms with Crippen LogP contribution in [0.5, 0.6) is 5.75 Å². The summed E-state index contributed by atoms with van der Waals surface area (Å²) in [5.74, 6) is 0.0523. The molecule has 1 aliphatic rings. The third-order valence-corrected chi connectivity index (χ3v) is 6.88. The molecule has 9 heteroatoms. The quantitative estimate of drug-likeness (QED) is 0.356. The smallest absolute Gasteiger partial charge is 0.489 e. The van der Waals surface area contributed by atoms with Gasteiger partial charge in [-0.2, -0.15) is 0 Å². The Bertz CT molecular complexity index is 1140. The van der Waals surface area contributed by atoms with Crippen LogP contribution in [0.3, 0.4) is 0 Å². The number of carbonyl (C=O) groups is 2. The minimum Gasteiger partial charge on any atom is -0.489 e. The van der Waals surface area contributed by atoms with E-state index in [4.69, 9.17) is 23.5 Å². The number of rotatable bonds is 9. The van der Waals surface area contributed by atoms with E-state index in [1.807, 2.05) is 76.2 Å². The first kappa shape index (κ1) is 30.5. The molecule has 2 aromatic rings. The molecule has 0 aliphatic carbocycles. The van der Waals surface area contributed by atoms with Crippen LogP contribution in [0.25, 0.3) is 0 Å². The normalized spacial score (nSPS) is 17.7. The topological polar surface area (TPSA) is 92.3 Å². The van der Waals surface area contributed by atoms with E-state index in [1.165, 1.54) is 0 Å². The molecule has 1 heterocycles. The summed E-state index contributed by atoms with van der Waals surface area (Å²) in [5, 5.41) is 2.73. The van der Waals surface area contributed by atoms with E-state index < -0.39 is 41.5 Å². The molecule has 0 aromatic heterocycles. The van der Waals surface area contributed by atoms with Gasteiger partial charge in [0.25, 0.3) is 0 Å². The van der Waals surface area contributed by atoms with Gasteiger partial charge in [0.05, 0.1) is 17.8 Å². The molecule has 1 atom stereocenters. The van der Waals surface area contributed by atoms with Crippen LogP contribution >= 0.6 is 0 Å². The number of ether oxygens (including phenoxy) is 3. The maximum Gasteiger partial charge on any atom is 0.498 e. The number of esters is 1. The van der Waals surface area contributed by atoms with Crippen molar-refractivity contribution in [3.63, 3.8) is 0 Å². The van der Waals surface area contributed by atoms with Crippen LogP contribution in [0.2, 0.25) is 0 Å². The number of hydrogen-bond donors (Lipinski definition) is 1. The van der Waals surface area contributed by atoms with Crippen LogP contribution in [0, 0.1) is 0 Å². The minimum absolute atomic E-state index is 0.149. The maximum absolute atomic E-state index is 13.0. The number of carbonyl (C=O) groups excluding carboxylic acids is 2. The van der Waals surface area contributed by atoms with Gasteiger partial charge in [-0.3, -0.25) is 0 Å². The lowest BCUT2D eigenvalue weighted by Gasteiger charge is -2.32. The fourth-order valence-corrected chi connectivity index (χ4v) is 4.12. The van der Waals surface area contributed by atoms with E-state index in [2.05, 4.69) is 5.32 Å². The summed E-state index contributed by atoms with van der Waals surface area (Å²) in [4.78, 5) is 25.7. The van der Waals surface area contributed by atoms with Gasteiger partial charge in [-0.05, 0) is 79.5 Å². The van der Waals surface area contributed by atoms with Gasteiger partial charge < -0.3 is 28.8 Å². The Morgan fingerprint density at radius 1 is 0.923 bits per heavy atom. The fourth-order valence-electron chi connectivity index (χ4n) is 4.12. The van der Waals surface area contributed by atoms with Gasteiger partial charge in [-0.15, -0.1) is 0 Å². The summed E-state index contributed by atoms with van der Waals surface area (Å²) in [7, 11) is -0.687. The molecule has 212 valence electrons. The molecule has 8 nitrogen and oxygen atoms in total. The van der Waals surface area contributed by atoms with Gasteiger partial charge in [-0.1, -0.05) is 42.5 Å². The Hall–Kier alpha value is -3.04. The number of hydrogen-bond acceptors (Lipinski definition) is 7. The number of benzene rings is 2. The van der Waals surface area contributed by atoms with E-state index in [1.54, 1.807) is 34.6 Å². The number of amides is 1. The zero-order valence-electron chi connectivity index (χ0n) is 24.7. The van der Waals surface area contributed by atoms with Crippen molar-refractivity contribution in [2.24, 2.45) is 0 Å². The molecule has 1 fully saturated rings. The highest BCUT2D eigenvalue weighted by Gasteiger charge is 2.52. The highest BCUT2D eigenvalue weighted by atomic mass is 16.7. The molecule has 1 N–H and O–H groups in total. The highest BCUT2D eigenvalue weighted by Crippen LogP contribution is 2.37. The van der Waals surface area contributed by atoms with Crippen LogP contribution in [-0.2, 0) is 36.6 Å². The molecule has 0 saturated carbocycles. The first-order valence-electron chi connectivity index (χ1n) is 13.4. The van der Waals surface area contributed by atoms with Crippen molar-refractivity contribution >= 4 is 24.6 Å².